The van der Waals surface area contributed by atoms with Gasteiger partial charge in [-0.15, -0.1) is 0 Å². The lowest BCUT2D eigenvalue weighted by Crippen LogP contribution is -2.38. The molecule has 0 radical (unpaired) electrons. The van der Waals surface area contributed by atoms with Crippen molar-refractivity contribution in [3.05, 3.63) is 28.8 Å². The van der Waals surface area contributed by atoms with E-state index in [2.05, 4.69) is 11.0 Å². The van der Waals surface area contributed by atoms with Crippen LogP contribution in [0.5, 0.6) is 0 Å². The van der Waals surface area contributed by atoms with Gasteiger partial charge in [-0.25, -0.2) is 0 Å². The summed E-state index contributed by atoms with van der Waals surface area (Å²) in [6, 6.07) is 7.66. The van der Waals surface area contributed by atoms with Gasteiger partial charge in [0.05, 0.1) is 35.6 Å². The Labute approximate surface area is 124 Å². The number of hydrogen-bond acceptors (Lipinski definition) is 4. The highest BCUT2D eigenvalue weighted by Gasteiger charge is 2.23. The molecule has 2 rings (SSSR count). The van der Waals surface area contributed by atoms with Crippen LogP contribution >= 0.6 is 11.6 Å². The van der Waals surface area contributed by atoms with E-state index in [9.17, 15) is 5.26 Å². The number of nitriles is 1. The third kappa shape index (κ3) is 3.63. The van der Waals surface area contributed by atoms with Crippen LogP contribution < -0.4 is 4.90 Å². The second-order valence-corrected chi connectivity index (χ2v) is 5.21. The zero-order valence-electron chi connectivity index (χ0n) is 11.6. The van der Waals surface area contributed by atoms with Gasteiger partial charge in [-0.3, -0.25) is 0 Å². The minimum Gasteiger partial charge on any atom is -0.382 e. The zero-order chi connectivity index (χ0) is 14.4. The van der Waals surface area contributed by atoms with E-state index in [1.165, 1.54) is 0 Å². The highest BCUT2D eigenvalue weighted by Crippen LogP contribution is 2.31. The highest BCUT2D eigenvalue weighted by molar-refractivity contribution is 6.33. The number of nitrogens with zero attached hydrogens (tertiary/aromatic N) is 2. The van der Waals surface area contributed by atoms with Crippen LogP contribution in [0.4, 0.5) is 5.69 Å². The maximum Gasteiger partial charge on any atom is 0.101 e. The summed E-state index contributed by atoms with van der Waals surface area (Å²) in [5.74, 6) is 0. The number of hydrogen-bond donors (Lipinski definition) is 0. The molecule has 4 nitrogen and oxygen atoms in total. The predicted octanol–water partition coefficient (Wildman–Crippen LogP) is 2.84. The van der Waals surface area contributed by atoms with Crippen molar-refractivity contribution in [2.45, 2.75) is 18.9 Å². The van der Waals surface area contributed by atoms with Crippen LogP contribution in [0, 0.1) is 11.3 Å². The molecule has 5 heteroatoms. The van der Waals surface area contributed by atoms with Crippen LogP contribution in [-0.2, 0) is 9.47 Å². The largest absolute Gasteiger partial charge is 0.382 e. The van der Waals surface area contributed by atoms with Gasteiger partial charge in [-0.1, -0.05) is 17.7 Å². The Morgan fingerprint density at radius 1 is 1.35 bits per heavy atom. The molecule has 108 valence electrons. The Hall–Kier alpha value is -1.28. The summed E-state index contributed by atoms with van der Waals surface area (Å²) in [5.41, 5.74) is 1.49. The summed E-state index contributed by atoms with van der Waals surface area (Å²) < 4.78 is 10.7. The van der Waals surface area contributed by atoms with Crippen molar-refractivity contribution in [3.63, 3.8) is 0 Å². The molecule has 0 aromatic heterocycles. The third-order valence-electron chi connectivity index (χ3n) is 3.51. The normalized spacial score (nSPS) is 16.1. The fourth-order valence-corrected chi connectivity index (χ4v) is 2.77. The highest BCUT2D eigenvalue weighted by atomic mass is 35.5. The van der Waals surface area contributed by atoms with Gasteiger partial charge in [0, 0.05) is 20.2 Å². The molecule has 1 heterocycles. The smallest absolute Gasteiger partial charge is 0.101 e. The maximum atomic E-state index is 9.19. The van der Waals surface area contributed by atoms with Crippen molar-refractivity contribution in [1.82, 2.24) is 0 Å². The van der Waals surface area contributed by atoms with E-state index < -0.39 is 0 Å². The van der Waals surface area contributed by atoms with Crippen LogP contribution in [0.1, 0.15) is 18.4 Å². The molecule has 1 aromatic carbocycles. The van der Waals surface area contributed by atoms with Crippen LogP contribution in [0.25, 0.3) is 0 Å². The Morgan fingerprint density at radius 2 is 2.10 bits per heavy atom. The fraction of sp³-hybridized carbons (Fsp3) is 0.533. The van der Waals surface area contributed by atoms with Gasteiger partial charge < -0.3 is 14.4 Å². The van der Waals surface area contributed by atoms with E-state index in [-0.39, 0.29) is 6.10 Å². The summed E-state index contributed by atoms with van der Waals surface area (Å²) in [7, 11) is 1.67. The molecule has 0 aliphatic carbocycles. The summed E-state index contributed by atoms with van der Waals surface area (Å²) in [5, 5.41) is 9.84. The minimum atomic E-state index is 0.273. The number of anilines is 1. The Kier molecular flexibility index (Phi) is 5.66. The monoisotopic (exact) mass is 294 g/mol. The van der Waals surface area contributed by atoms with E-state index in [1.807, 2.05) is 18.2 Å². The van der Waals surface area contributed by atoms with Crippen LogP contribution in [-0.4, -0.2) is 39.5 Å². The van der Waals surface area contributed by atoms with E-state index in [1.54, 1.807) is 7.11 Å². The van der Waals surface area contributed by atoms with Gasteiger partial charge >= 0.3 is 0 Å². The second kappa shape index (κ2) is 7.49. The number of benzene rings is 1. The molecule has 0 atom stereocenters. The van der Waals surface area contributed by atoms with Gasteiger partial charge in [0.1, 0.15) is 6.07 Å². The lowest BCUT2D eigenvalue weighted by atomic mass is 10.1. The van der Waals surface area contributed by atoms with E-state index in [4.69, 9.17) is 21.1 Å². The van der Waals surface area contributed by atoms with Crippen molar-refractivity contribution < 1.29 is 9.47 Å². The molecule has 1 aliphatic heterocycles. The Bertz CT molecular complexity index is 479. The van der Waals surface area contributed by atoms with Crippen molar-refractivity contribution in [1.29, 1.82) is 5.26 Å². The fourth-order valence-electron chi connectivity index (χ4n) is 2.47. The Morgan fingerprint density at radius 3 is 2.75 bits per heavy atom. The summed E-state index contributed by atoms with van der Waals surface area (Å²) in [6.45, 7) is 2.98. The first kappa shape index (κ1) is 15.1. The first-order valence-electron chi connectivity index (χ1n) is 6.80. The van der Waals surface area contributed by atoms with Crippen molar-refractivity contribution in [2.24, 2.45) is 0 Å². The van der Waals surface area contributed by atoms with Crippen molar-refractivity contribution >= 4 is 17.3 Å². The van der Waals surface area contributed by atoms with Gasteiger partial charge in [0.15, 0.2) is 0 Å². The summed E-state index contributed by atoms with van der Waals surface area (Å²) in [6.07, 6.45) is 2.16. The number of piperidine rings is 1. The number of methoxy groups -OCH3 is 1. The third-order valence-corrected chi connectivity index (χ3v) is 3.81. The van der Waals surface area contributed by atoms with Crippen molar-refractivity contribution in [2.75, 3.05) is 38.3 Å². The lowest BCUT2D eigenvalue weighted by molar-refractivity contribution is 0.00610. The molecule has 1 aromatic rings. The zero-order valence-corrected chi connectivity index (χ0v) is 12.4. The van der Waals surface area contributed by atoms with Gasteiger partial charge in [0.2, 0.25) is 0 Å². The molecule has 1 aliphatic rings. The molecule has 0 unspecified atom stereocenters. The van der Waals surface area contributed by atoms with E-state index >= 15 is 0 Å². The molecular formula is C15H19ClN2O2. The predicted molar refractivity (Wildman–Crippen MR) is 79.2 cm³/mol. The Balaban J connectivity index is 1.96. The topological polar surface area (TPSA) is 45.5 Å². The van der Waals surface area contributed by atoms with Crippen molar-refractivity contribution in [3.8, 4) is 6.07 Å². The molecule has 1 fully saturated rings. The molecule has 0 N–H and O–H groups in total. The number of para-hydroxylation sites is 1. The van der Waals surface area contributed by atoms with Gasteiger partial charge in [0.25, 0.3) is 0 Å². The minimum absolute atomic E-state index is 0.273. The molecule has 0 saturated carbocycles. The molecule has 1 saturated heterocycles. The van der Waals surface area contributed by atoms with Crippen LogP contribution in [0.2, 0.25) is 5.02 Å². The standard InChI is InChI=1S/C15H19ClN2O2/c1-19-9-10-20-13-5-7-18(8-6-13)15-12(11-17)3-2-4-14(15)16/h2-4,13H,5-10H2,1H3. The van der Waals surface area contributed by atoms with Gasteiger partial charge in [-0.05, 0) is 25.0 Å². The first-order chi connectivity index (χ1) is 9.76. The molecule has 20 heavy (non-hydrogen) atoms. The summed E-state index contributed by atoms with van der Waals surface area (Å²) >= 11 is 6.24. The number of ether oxygens (including phenoxy) is 2. The average molecular weight is 295 g/mol. The number of halogens is 1. The number of rotatable bonds is 5. The molecule has 0 bridgehead atoms. The first-order valence-corrected chi connectivity index (χ1v) is 7.18. The van der Waals surface area contributed by atoms with Gasteiger partial charge in [-0.2, -0.15) is 5.26 Å². The van der Waals surface area contributed by atoms with Crippen LogP contribution in [0.3, 0.4) is 0 Å². The van der Waals surface area contributed by atoms with Crippen LogP contribution in [0.15, 0.2) is 18.2 Å². The SMILES string of the molecule is COCCOC1CCN(c2c(Cl)cccc2C#N)CC1. The molecular weight excluding hydrogens is 276 g/mol. The second-order valence-electron chi connectivity index (χ2n) is 4.80. The molecule has 0 spiro atoms. The lowest BCUT2D eigenvalue weighted by Gasteiger charge is -2.34. The maximum absolute atomic E-state index is 9.19. The quantitative estimate of drug-likeness (QED) is 0.784. The average Bonchev–Trinajstić information content (AvgIpc) is 2.48. The summed E-state index contributed by atoms with van der Waals surface area (Å²) in [4.78, 5) is 2.18. The molecule has 0 amide bonds. The van der Waals surface area contributed by atoms with E-state index in [0.29, 0.717) is 23.8 Å². The van der Waals surface area contributed by atoms with E-state index in [0.717, 1.165) is 31.6 Å².